The molecular weight excluding hydrogens is 356 g/mol. The van der Waals surface area contributed by atoms with Gasteiger partial charge in [0.25, 0.3) is 0 Å². The number of hydrogen-bond donors (Lipinski definition) is 0. The Balaban J connectivity index is 1.44. The number of benzene rings is 1. The highest BCUT2D eigenvalue weighted by molar-refractivity contribution is 6.30. The lowest BCUT2D eigenvalue weighted by atomic mass is 9.94. The maximum Gasteiger partial charge on any atom is 0.122 e. The Morgan fingerprint density at radius 2 is 2.00 bits per heavy atom. The third kappa shape index (κ3) is 4.57. The summed E-state index contributed by atoms with van der Waals surface area (Å²) in [5.74, 6) is 1.62. The van der Waals surface area contributed by atoms with Gasteiger partial charge in [0.05, 0.1) is 6.54 Å². The monoisotopic (exact) mass is 380 g/mol. The van der Waals surface area contributed by atoms with Crippen LogP contribution in [-0.2, 0) is 20.0 Å². The number of imidazole rings is 1. The van der Waals surface area contributed by atoms with Crippen molar-refractivity contribution >= 4 is 11.6 Å². The van der Waals surface area contributed by atoms with Crippen LogP contribution in [0.1, 0.15) is 41.5 Å². The van der Waals surface area contributed by atoms with Crippen LogP contribution in [0.4, 0.5) is 0 Å². The third-order valence-corrected chi connectivity index (χ3v) is 5.59. The largest absolute Gasteiger partial charge is 0.337 e. The van der Waals surface area contributed by atoms with Gasteiger partial charge in [-0.25, -0.2) is 4.98 Å². The van der Waals surface area contributed by atoms with E-state index in [1.807, 2.05) is 24.5 Å². The molecule has 0 bridgehead atoms. The second-order valence-corrected chi connectivity index (χ2v) is 7.82. The molecule has 1 atom stereocenters. The molecule has 0 radical (unpaired) electrons. The van der Waals surface area contributed by atoms with Crippen molar-refractivity contribution in [3.8, 4) is 0 Å². The molecule has 1 aliphatic heterocycles. The minimum absolute atomic E-state index is 0.490. The summed E-state index contributed by atoms with van der Waals surface area (Å²) < 4.78 is 2.11. The topological polar surface area (TPSA) is 34.0 Å². The van der Waals surface area contributed by atoms with Crippen LogP contribution in [0.3, 0.4) is 0 Å². The Kier molecular flexibility index (Phi) is 5.55. The summed E-state index contributed by atoms with van der Waals surface area (Å²) in [7, 11) is 2.06. The molecule has 1 saturated heterocycles. The summed E-state index contributed by atoms with van der Waals surface area (Å²) in [6.07, 6.45) is 7.14. The fraction of sp³-hybridized carbons (Fsp3) is 0.364. The lowest BCUT2D eigenvalue weighted by molar-refractivity contribution is 0.192. The molecule has 1 aliphatic rings. The maximum absolute atomic E-state index is 5.99. The normalized spacial score (nSPS) is 17.9. The second-order valence-electron chi connectivity index (χ2n) is 7.39. The number of hydrogen-bond acceptors (Lipinski definition) is 3. The number of aryl methyl sites for hydroxylation is 1. The molecule has 3 heterocycles. The average molecular weight is 381 g/mol. The van der Waals surface area contributed by atoms with E-state index in [1.54, 1.807) is 0 Å². The Morgan fingerprint density at radius 3 is 2.78 bits per heavy atom. The van der Waals surface area contributed by atoms with Crippen molar-refractivity contribution in [2.45, 2.75) is 31.7 Å². The zero-order chi connectivity index (χ0) is 18.6. The van der Waals surface area contributed by atoms with E-state index in [0.717, 1.165) is 42.6 Å². The van der Waals surface area contributed by atoms with Crippen molar-refractivity contribution in [3.63, 3.8) is 0 Å². The van der Waals surface area contributed by atoms with E-state index in [-0.39, 0.29) is 0 Å². The van der Waals surface area contributed by atoms with Crippen molar-refractivity contribution in [3.05, 3.63) is 82.7 Å². The molecule has 0 spiro atoms. The second kappa shape index (κ2) is 8.24. The Hall–Kier alpha value is -2.17. The van der Waals surface area contributed by atoms with Crippen molar-refractivity contribution in [2.24, 2.45) is 7.05 Å². The molecule has 3 aromatic rings. The number of rotatable bonds is 5. The molecule has 4 rings (SSSR count). The smallest absolute Gasteiger partial charge is 0.122 e. The number of halogens is 1. The first-order chi connectivity index (χ1) is 13.2. The van der Waals surface area contributed by atoms with Crippen molar-refractivity contribution in [1.29, 1.82) is 0 Å². The van der Waals surface area contributed by atoms with Crippen LogP contribution in [0, 0.1) is 0 Å². The number of aromatic nitrogens is 3. The molecule has 27 heavy (non-hydrogen) atoms. The molecule has 2 aromatic heterocycles. The van der Waals surface area contributed by atoms with Crippen LogP contribution in [-0.4, -0.2) is 32.5 Å². The summed E-state index contributed by atoms with van der Waals surface area (Å²) in [6.45, 7) is 3.09. The Bertz CT molecular complexity index is 887. The molecule has 0 aliphatic carbocycles. The van der Waals surface area contributed by atoms with E-state index in [9.17, 15) is 0 Å². The highest BCUT2D eigenvalue weighted by Crippen LogP contribution is 2.27. The van der Waals surface area contributed by atoms with Crippen LogP contribution >= 0.6 is 11.6 Å². The molecule has 1 unspecified atom stereocenters. The number of pyridine rings is 1. The van der Waals surface area contributed by atoms with Gasteiger partial charge in [-0.3, -0.25) is 9.88 Å². The molecule has 4 nitrogen and oxygen atoms in total. The van der Waals surface area contributed by atoms with Gasteiger partial charge in [0.15, 0.2) is 0 Å². The summed E-state index contributed by atoms with van der Waals surface area (Å²) in [6, 6.07) is 14.5. The van der Waals surface area contributed by atoms with Crippen molar-refractivity contribution < 1.29 is 0 Å². The van der Waals surface area contributed by atoms with Crippen LogP contribution in [0.5, 0.6) is 0 Å². The molecule has 140 valence electrons. The average Bonchev–Trinajstić information content (AvgIpc) is 3.09. The molecule has 5 heteroatoms. The molecule has 0 saturated carbocycles. The number of piperidine rings is 1. The fourth-order valence-electron chi connectivity index (χ4n) is 3.82. The number of likely N-dealkylation sites (tertiary alicyclic amines) is 1. The van der Waals surface area contributed by atoms with Gasteiger partial charge in [-0.1, -0.05) is 29.8 Å². The van der Waals surface area contributed by atoms with Crippen LogP contribution < -0.4 is 0 Å². The summed E-state index contributed by atoms with van der Waals surface area (Å²) >= 11 is 5.99. The van der Waals surface area contributed by atoms with Crippen LogP contribution in [0.15, 0.2) is 54.9 Å². The zero-order valence-corrected chi connectivity index (χ0v) is 16.4. The van der Waals surface area contributed by atoms with Gasteiger partial charge in [0.2, 0.25) is 0 Å². The maximum atomic E-state index is 5.99. The first kappa shape index (κ1) is 18.2. The summed E-state index contributed by atoms with van der Waals surface area (Å²) in [4.78, 5) is 12.0. The van der Waals surface area contributed by atoms with Gasteiger partial charge in [-0.05, 0) is 49.2 Å². The first-order valence-corrected chi connectivity index (χ1v) is 9.94. The van der Waals surface area contributed by atoms with Gasteiger partial charge in [-0.2, -0.15) is 0 Å². The molecule has 0 amide bonds. The minimum Gasteiger partial charge on any atom is -0.337 e. The zero-order valence-electron chi connectivity index (χ0n) is 15.7. The van der Waals surface area contributed by atoms with E-state index in [2.05, 4.69) is 51.8 Å². The minimum atomic E-state index is 0.490. The first-order valence-electron chi connectivity index (χ1n) is 9.56. The van der Waals surface area contributed by atoms with E-state index >= 15 is 0 Å². The van der Waals surface area contributed by atoms with Crippen molar-refractivity contribution in [2.75, 3.05) is 13.1 Å². The predicted octanol–water partition coefficient (Wildman–Crippen LogP) is 4.44. The Labute approximate surface area is 165 Å². The third-order valence-electron chi connectivity index (χ3n) is 5.34. The molecular formula is C22H25ClN4. The SMILES string of the molecule is Cn1ccnc1CN1CCCC(c2cccc(Cc3ccc(Cl)cc3)n2)C1. The Morgan fingerprint density at radius 1 is 1.15 bits per heavy atom. The van der Waals surface area contributed by atoms with Gasteiger partial charge in [0, 0.05) is 54.7 Å². The highest BCUT2D eigenvalue weighted by atomic mass is 35.5. The molecule has 0 N–H and O–H groups in total. The van der Waals surface area contributed by atoms with Crippen molar-refractivity contribution in [1.82, 2.24) is 19.4 Å². The van der Waals surface area contributed by atoms with E-state index in [4.69, 9.17) is 16.6 Å². The molecule has 1 aromatic carbocycles. The van der Waals surface area contributed by atoms with E-state index in [1.165, 1.54) is 24.1 Å². The van der Waals surface area contributed by atoms with Crippen LogP contribution in [0.25, 0.3) is 0 Å². The predicted molar refractivity (Wildman–Crippen MR) is 109 cm³/mol. The van der Waals surface area contributed by atoms with Gasteiger partial charge < -0.3 is 4.57 Å². The van der Waals surface area contributed by atoms with Gasteiger partial charge in [0.1, 0.15) is 5.82 Å². The fourth-order valence-corrected chi connectivity index (χ4v) is 3.95. The lowest BCUT2D eigenvalue weighted by Crippen LogP contribution is -2.35. The van der Waals surface area contributed by atoms with Gasteiger partial charge >= 0.3 is 0 Å². The lowest BCUT2D eigenvalue weighted by Gasteiger charge is -2.32. The highest BCUT2D eigenvalue weighted by Gasteiger charge is 2.23. The van der Waals surface area contributed by atoms with Crippen LogP contribution in [0.2, 0.25) is 5.02 Å². The van der Waals surface area contributed by atoms with Gasteiger partial charge in [-0.15, -0.1) is 0 Å². The molecule has 1 fully saturated rings. The summed E-state index contributed by atoms with van der Waals surface area (Å²) in [5.41, 5.74) is 3.58. The number of nitrogens with zero attached hydrogens (tertiary/aromatic N) is 4. The van der Waals surface area contributed by atoms with E-state index < -0.39 is 0 Å². The quantitative estimate of drug-likeness (QED) is 0.656. The van der Waals surface area contributed by atoms with E-state index in [0.29, 0.717) is 5.92 Å². The summed E-state index contributed by atoms with van der Waals surface area (Å²) in [5, 5.41) is 0.774. The standard InChI is InChI=1S/C22H25ClN4/c1-26-13-11-24-22(26)16-27-12-3-4-18(15-27)21-6-2-5-20(25-21)14-17-7-9-19(23)10-8-17/h2,5-11,13,18H,3-4,12,14-16H2,1H3.